The molecule has 0 spiro atoms. The van der Waals surface area contributed by atoms with Gasteiger partial charge in [0.05, 0.1) is 35.5 Å². The van der Waals surface area contributed by atoms with E-state index in [2.05, 4.69) is 39.4 Å². The lowest BCUT2D eigenvalue weighted by atomic mass is 9.97. The van der Waals surface area contributed by atoms with Crippen molar-refractivity contribution in [3.05, 3.63) is 83.6 Å². The van der Waals surface area contributed by atoms with E-state index in [0.29, 0.717) is 34.6 Å². The fraction of sp³-hybridized carbons (Fsp3) is 0.389. The number of alkyl halides is 2. The number of halogens is 2. The lowest BCUT2D eigenvalue weighted by Gasteiger charge is -2.14. The van der Waals surface area contributed by atoms with Crippen molar-refractivity contribution in [1.29, 1.82) is 0 Å². The van der Waals surface area contributed by atoms with Crippen LogP contribution in [0.3, 0.4) is 0 Å². The second kappa shape index (κ2) is 10.3. The van der Waals surface area contributed by atoms with Crippen LogP contribution in [0.2, 0.25) is 0 Å². The molecule has 0 bridgehead atoms. The van der Waals surface area contributed by atoms with Gasteiger partial charge in [0.15, 0.2) is 0 Å². The van der Waals surface area contributed by atoms with E-state index in [1.165, 1.54) is 19.3 Å². The van der Waals surface area contributed by atoms with Crippen LogP contribution in [0.25, 0.3) is 44.5 Å². The molecule has 2 aromatic heterocycles. The maximum absolute atomic E-state index is 16.1. The summed E-state index contributed by atoms with van der Waals surface area (Å²) in [5, 5.41) is 7.09. The van der Waals surface area contributed by atoms with Crippen molar-refractivity contribution in [3.63, 3.8) is 0 Å². The molecule has 2 fully saturated rings. The van der Waals surface area contributed by atoms with Gasteiger partial charge in [-0.05, 0) is 90.1 Å². The maximum Gasteiger partial charge on any atom is 0.299 e. The molecule has 44 heavy (non-hydrogen) atoms. The molecular formula is C36H38F2N6. The fourth-order valence-corrected chi connectivity index (χ4v) is 7.32. The van der Waals surface area contributed by atoms with E-state index < -0.39 is 5.92 Å². The van der Waals surface area contributed by atoms with Gasteiger partial charge in [0.2, 0.25) is 0 Å². The first-order valence-electron chi connectivity index (χ1n) is 16.0. The third kappa shape index (κ3) is 4.58. The lowest BCUT2D eigenvalue weighted by molar-refractivity contribution is 0.0481. The first-order chi connectivity index (χ1) is 21.4. The van der Waals surface area contributed by atoms with Gasteiger partial charge in [-0.3, -0.25) is 0 Å². The van der Waals surface area contributed by atoms with Crippen molar-refractivity contribution in [3.8, 4) is 33.5 Å². The predicted molar refractivity (Wildman–Crippen MR) is 170 cm³/mol. The van der Waals surface area contributed by atoms with Crippen molar-refractivity contribution in [2.75, 3.05) is 13.1 Å². The van der Waals surface area contributed by atoms with Gasteiger partial charge in [-0.25, -0.2) is 9.97 Å². The van der Waals surface area contributed by atoms with Gasteiger partial charge in [-0.1, -0.05) is 50.6 Å². The predicted octanol–water partition coefficient (Wildman–Crippen LogP) is 8.08. The molecule has 2 atom stereocenters. The minimum absolute atomic E-state index is 0.0400. The summed E-state index contributed by atoms with van der Waals surface area (Å²) < 4.78 is 32.2. The number of benzene rings is 3. The molecule has 226 valence electrons. The Bertz CT molecular complexity index is 1870. The molecule has 5 aromatic rings. The minimum Gasteiger partial charge on any atom is -0.341 e. The highest BCUT2D eigenvalue weighted by Gasteiger charge is 2.45. The van der Waals surface area contributed by atoms with E-state index in [0.717, 1.165) is 65.4 Å². The van der Waals surface area contributed by atoms with Gasteiger partial charge >= 0.3 is 0 Å². The van der Waals surface area contributed by atoms with E-state index in [9.17, 15) is 0 Å². The third-order valence-corrected chi connectivity index (χ3v) is 10.4. The Balaban J connectivity index is 1.04. The molecule has 0 amide bonds. The molecule has 3 aromatic carbocycles. The van der Waals surface area contributed by atoms with E-state index in [1.807, 2.05) is 42.5 Å². The zero-order valence-electron chi connectivity index (χ0n) is 25.2. The SMILES string of the molecule is CCC1CCNC1c1nc2ccc(-c3ccc4c(c3)C(F)(F)c3cc(-c5cnc(CNCC6(CC)CC6)[nH]5)ccc3-4)cc2[nH]1. The Morgan fingerprint density at radius 1 is 0.909 bits per heavy atom. The number of nitrogens with one attached hydrogen (secondary N) is 4. The van der Waals surface area contributed by atoms with Crippen molar-refractivity contribution < 1.29 is 8.78 Å². The molecule has 2 unspecified atom stereocenters. The van der Waals surface area contributed by atoms with E-state index >= 15 is 8.78 Å². The molecule has 4 N–H and O–H groups in total. The number of hydrogen-bond acceptors (Lipinski definition) is 4. The smallest absolute Gasteiger partial charge is 0.299 e. The van der Waals surface area contributed by atoms with Gasteiger partial charge in [0.1, 0.15) is 11.6 Å². The number of nitrogens with zero attached hydrogens (tertiary/aromatic N) is 2. The number of hydrogen-bond donors (Lipinski definition) is 4. The van der Waals surface area contributed by atoms with Crippen LogP contribution >= 0.6 is 0 Å². The topological polar surface area (TPSA) is 81.4 Å². The molecule has 8 rings (SSSR count). The molecule has 2 aliphatic carbocycles. The highest BCUT2D eigenvalue weighted by atomic mass is 19.3. The monoisotopic (exact) mass is 592 g/mol. The molecule has 0 radical (unpaired) electrons. The highest BCUT2D eigenvalue weighted by Crippen LogP contribution is 2.53. The first-order valence-corrected chi connectivity index (χ1v) is 16.0. The van der Waals surface area contributed by atoms with Gasteiger partial charge in [-0.15, -0.1) is 0 Å². The average Bonchev–Trinajstić information content (AvgIpc) is 3.42. The Morgan fingerprint density at radius 2 is 1.64 bits per heavy atom. The summed E-state index contributed by atoms with van der Waals surface area (Å²) in [4.78, 5) is 16.2. The second-order valence-electron chi connectivity index (χ2n) is 13.0. The van der Waals surface area contributed by atoms with Crippen LogP contribution in [0.1, 0.15) is 74.8 Å². The number of aromatic amines is 2. The quantitative estimate of drug-likeness (QED) is 0.140. The number of rotatable bonds is 9. The summed E-state index contributed by atoms with van der Waals surface area (Å²) in [6.45, 7) is 7.09. The van der Waals surface area contributed by atoms with Crippen molar-refractivity contribution in [2.24, 2.45) is 11.3 Å². The van der Waals surface area contributed by atoms with Gasteiger partial charge in [0, 0.05) is 23.2 Å². The Hall–Kier alpha value is -3.88. The lowest BCUT2D eigenvalue weighted by Crippen LogP contribution is -2.23. The molecule has 1 saturated carbocycles. The van der Waals surface area contributed by atoms with Crippen molar-refractivity contribution in [1.82, 2.24) is 30.6 Å². The van der Waals surface area contributed by atoms with Crippen LogP contribution in [0.15, 0.2) is 60.8 Å². The molecule has 8 heteroatoms. The van der Waals surface area contributed by atoms with E-state index in [1.54, 1.807) is 18.3 Å². The molecule has 1 aliphatic heterocycles. The summed E-state index contributed by atoms with van der Waals surface area (Å²) in [7, 11) is 0. The highest BCUT2D eigenvalue weighted by molar-refractivity contribution is 5.86. The normalized spacial score (nSPS) is 21.1. The van der Waals surface area contributed by atoms with Crippen LogP contribution in [-0.4, -0.2) is 33.0 Å². The molecular weight excluding hydrogens is 554 g/mol. The van der Waals surface area contributed by atoms with Gasteiger partial charge in [0.25, 0.3) is 5.92 Å². The zero-order valence-corrected chi connectivity index (χ0v) is 25.2. The van der Waals surface area contributed by atoms with Gasteiger partial charge < -0.3 is 20.6 Å². The zero-order chi connectivity index (χ0) is 30.1. The maximum atomic E-state index is 16.1. The van der Waals surface area contributed by atoms with Crippen LogP contribution in [-0.2, 0) is 12.5 Å². The second-order valence-corrected chi connectivity index (χ2v) is 13.0. The van der Waals surface area contributed by atoms with E-state index in [4.69, 9.17) is 4.98 Å². The first kappa shape index (κ1) is 27.7. The molecule has 6 nitrogen and oxygen atoms in total. The third-order valence-electron chi connectivity index (χ3n) is 10.4. The summed E-state index contributed by atoms with van der Waals surface area (Å²) in [6, 6.07) is 17.0. The Kier molecular flexibility index (Phi) is 6.50. The standard InChI is InChI=1S/C36H38F2N6/c1-3-21-11-14-40-33(21)34-43-29-10-7-23(17-30(29)44-34)22-5-8-25-26-9-6-24(16-28(26)36(37,38)27(25)15-22)31-18-41-32(42-31)19-39-20-35(4-2)12-13-35/h5-10,15-18,21,33,39-40H,3-4,11-14,19-20H2,1-2H3,(H,41,42)(H,43,44). The summed E-state index contributed by atoms with van der Waals surface area (Å²) in [6.07, 6.45) is 7.75. The largest absolute Gasteiger partial charge is 0.341 e. The average molecular weight is 593 g/mol. The minimum atomic E-state index is -3.10. The fourth-order valence-electron chi connectivity index (χ4n) is 7.32. The van der Waals surface area contributed by atoms with Gasteiger partial charge in [-0.2, -0.15) is 8.78 Å². The van der Waals surface area contributed by atoms with E-state index in [-0.39, 0.29) is 17.2 Å². The number of imidazole rings is 2. The molecule has 1 saturated heterocycles. The van der Waals surface area contributed by atoms with Crippen LogP contribution in [0.5, 0.6) is 0 Å². The summed E-state index contributed by atoms with van der Waals surface area (Å²) in [5.41, 5.74) is 6.64. The summed E-state index contributed by atoms with van der Waals surface area (Å²) >= 11 is 0. The number of aromatic nitrogens is 4. The van der Waals surface area contributed by atoms with Crippen LogP contribution in [0.4, 0.5) is 8.78 Å². The van der Waals surface area contributed by atoms with Crippen LogP contribution < -0.4 is 10.6 Å². The number of H-pyrrole nitrogens is 2. The Morgan fingerprint density at radius 3 is 2.39 bits per heavy atom. The van der Waals surface area contributed by atoms with Crippen LogP contribution in [0, 0.1) is 11.3 Å². The Labute approximate surface area is 256 Å². The van der Waals surface area contributed by atoms with Crippen molar-refractivity contribution >= 4 is 11.0 Å². The van der Waals surface area contributed by atoms with Crippen molar-refractivity contribution in [2.45, 2.75) is 64.5 Å². The molecule has 3 heterocycles. The number of fused-ring (bicyclic) bond motifs is 4. The molecule has 3 aliphatic rings. The summed E-state index contributed by atoms with van der Waals surface area (Å²) in [5.74, 6) is -0.766.